The van der Waals surface area contributed by atoms with Crippen molar-refractivity contribution < 1.29 is 23.5 Å². The smallest absolute Gasteiger partial charge is 0.343 e. The van der Waals surface area contributed by atoms with Gasteiger partial charge in [-0.15, -0.1) is 0 Å². The molecule has 0 aliphatic carbocycles. The average Bonchev–Trinajstić information content (AvgIpc) is 3.01. The Labute approximate surface area is 179 Å². The molecule has 2 aromatic carbocycles. The highest BCUT2D eigenvalue weighted by atomic mass is 35.5. The summed E-state index contributed by atoms with van der Waals surface area (Å²) in [5.41, 5.74) is 1.07. The topological polar surface area (TPSA) is 77.0 Å². The molecule has 1 saturated heterocycles. The molecule has 1 aliphatic rings. The summed E-state index contributed by atoms with van der Waals surface area (Å²) in [5.74, 6) is -1.14. The van der Waals surface area contributed by atoms with Crippen LogP contribution >= 0.6 is 35.0 Å². The van der Waals surface area contributed by atoms with E-state index in [0.717, 1.165) is 11.8 Å². The highest BCUT2D eigenvalue weighted by molar-refractivity contribution is 8.18. The Hall–Kier alpha value is -2.55. The number of amides is 1. The van der Waals surface area contributed by atoms with Gasteiger partial charge in [0.15, 0.2) is 17.5 Å². The van der Waals surface area contributed by atoms with Crippen LogP contribution in [0, 0.1) is 5.82 Å². The largest absolute Gasteiger partial charge is 0.479 e. The molecule has 0 aromatic heterocycles. The summed E-state index contributed by atoms with van der Waals surface area (Å²) in [5, 5.41) is 3.36. The van der Waals surface area contributed by atoms with E-state index in [0.29, 0.717) is 21.3 Å². The van der Waals surface area contributed by atoms with E-state index in [4.69, 9.17) is 27.9 Å². The van der Waals surface area contributed by atoms with Crippen LogP contribution in [0.25, 0.3) is 6.08 Å². The predicted molar refractivity (Wildman–Crippen MR) is 111 cm³/mol. The second-order valence-electron chi connectivity index (χ2n) is 5.64. The Morgan fingerprint density at radius 3 is 2.52 bits per heavy atom. The third-order valence-corrected chi connectivity index (χ3v) is 5.06. The number of rotatable bonds is 5. The van der Waals surface area contributed by atoms with Gasteiger partial charge in [-0.05, 0) is 59.8 Å². The maximum absolute atomic E-state index is 13.0. The van der Waals surface area contributed by atoms with E-state index in [1.165, 1.54) is 31.4 Å². The van der Waals surface area contributed by atoms with Crippen LogP contribution < -0.4 is 10.1 Å². The number of nitrogens with zero attached hydrogens (tertiary/aromatic N) is 1. The molecule has 1 amide bonds. The fraction of sp³-hybridized carbons (Fsp3) is 0.105. The number of hydrogen-bond donors (Lipinski definition) is 1. The molecule has 1 aliphatic heterocycles. The highest BCUT2D eigenvalue weighted by Crippen LogP contribution is 2.36. The number of esters is 1. The zero-order valence-electron chi connectivity index (χ0n) is 14.9. The Balaban J connectivity index is 1.78. The highest BCUT2D eigenvalue weighted by Gasteiger charge is 2.24. The third-order valence-electron chi connectivity index (χ3n) is 3.59. The van der Waals surface area contributed by atoms with Crippen molar-refractivity contribution in [3.63, 3.8) is 0 Å². The lowest BCUT2D eigenvalue weighted by Gasteiger charge is -2.10. The van der Waals surface area contributed by atoms with Crippen molar-refractivity contribution in [3.8, 4) is 5.75 Å². The number of aliphatic imine (C=N–C) groups is 1. The normalized spacial score (nSPS) is 16.2. The Kier molecular flexibility index (Phi) is 6.79. The number of hydrogen-bond acceptors (Lipinski definition) is 6. The monoisotopic (exact) mass is 454 g/mol. The number of nitrogens with one attached hydrogen (secondary N) is 1. The zero-order chi connectivity index (χ0) is 21.0. The number of methoxy groups -OCH3 is 1. The summed E-state index contributed by atoms with van der Waals surface area (Å²) in [6.07, 6.45) is 1.59. The van der Waals surface area contributed by atoms with Crippen molar-refractivity contribution in [2.45, 2.75) is 0 Å². The number of benzene rings is 2. The molecule has 0 atom stereocenters. The molecule has 10 heteroatoms. The first-order valence-electron chi connectivity index (χ1n) is 8.09. The summed E-state index contributed by atoms with van der Waals surface area (Å²) in [6, 6.07) is 8.68. The van der Waals surface area contributed by atoms with Crippen LogP contribution in [0.15, 0.2) is 46.3 Å². The van der Waals surface area contributed by atoms with Gasteiger partial charge in [-0.2, -0.15) is 0 Å². The van der Waals surface area contributed by atoms with Crippen molar-refractivity contribution in [2.24, 2.45) is 4.99 Å². The van der Waals surface area contributed by atoms with Crippen molar-refractivity contribution in [1.29, 1.82) is 0 Å². The predicted octanol–water partition coefficient (Wildman–Crippen LogP) is 4.58. The summed E-state index contributed by atoms with van der Waals surface area (Å²) < 4.78 is 22.7. The first-order valence-corrected chi connectivity index (χ1v) is 9.67. The fourth-order valence-electron chi connectivity index (χ4n) is 2.26. The molecule has 1 heterocycles. The molecule has 2 aromatic rings. The maximum atomic E-state index is 13.0. The van der Waals surface area contributed by atoms with Crippen molar-refractivity contribution in [3.05, 3.63) is 62.7 Å². The molecule has 29 heavy (non-hydrogen) atoms. The van der Waals surface area contributed by atoms with E-state index in [9.17, 15) is 14.0 Å². The van der Waals surface area contributed by atoms with Crippen LogP contribution in [0.1, 0.15) is 5.56 Å². The van der Waals surface area contributed by atoms with Crippen LogP contribution in [0.5, 0.6) is 5.75 Å². The van der Waals surface area contributed by atoms with Crippen LogP contribution in [0.4, 0.5) is 10.1 Å². The average molecular weight is 455 g/mol. The van der Waals surface area contributed by atoms with Gasteiger partial charge in [0.25, 0.3) is 5.91 Å². The van der Waals surface area contributed by atoms with Gasteiger partial charge in [0.05, 0.1) is 27.7 Å². The second-order valence-corrected chi connectivity index (χ2v) is 7.48. The van der Waals surface area contributed by atoms with E-state index in [1.807, 2.05) is 0 Å². The zero-order valence-corrected chi connectivity index (χ0v) is 17.2. The first-order chi connectivity index (χ1) is 13.9. The van der Waals surface area contributed by atoms with Gasteiger partial charge in [0, 0.05) is 0 Å². The second kappa shape index (κ2) is 9.30. The van der Waals surface area contributed by atoms with E-state index in [-0.39, 0.29) is 34.1 Å². The summed E-state index contributed by atoms with van der Waals surface area (Å²) in [4.78, 5) is 28.0. The number of carbonyl (C=O) groups is 2. The molecule has 0 saturated carbocycles. The molecule has 0 spiro atoms. The standard InChI is InChI=1S/C19H13Cl2FN2O4S/c1-27-16(25)9-28-17-13(20)6-10(7-14(17)21)8-15-18(26)24-19(29-15)23-12-4-2-11(22)3-5-12/h2-8H,9H2,1H3,(H,23,24,26). The van der Waals surface area contributed by atoms with Gasteiger partial charge in [0.2, 0.25) is 0 Å². The summed E-state index contributed by atoms with van der Waals surface area (Å²) in [7, 11) is 1.24. The lowest BCUT2D eigenvalue weighted by atomic mass is 10.2. The number of ether oxygens (including phenoxy) is 2. The van der Waals surface area contributed by atoms with Crippen LogP contribution in [-0.4, -0.2) is 30.8 Å². The van der Waals surface area contributed by atoms with Gasteiger partial charge in [-0.1, -0.05) is 23.2 Å². The molecular formula is C19H13Cl2FN2O4S. The molecule has 3 rings (SSSR count). The minimum absolute atomic E-state index is 0.142. The molecule has 6 nitrogen and oxygen atoms in total. The molecule has 0 bridgehead atoms. The quantitative estimate of drug-likeness (QED) is 0.528. The van der Waals surface area contributed by atoms with Crippen molar-refractivity contribution >= 4 is 63.8 Å². The maximum Gasteiger partial charge on any atom is 0.343 e. The summed E-state index contributed by atoms with van der Waals surface area (Å²) in [6.45, 7) is -0.335. The van der Waals surface area contributed by atoms with E-state index >= 15 is 0 Å². The SMILES string of the molecule is COC(=O)COc1c(Cl)cc(C=C2SC(=Nc3ccc(F)cc3)NC2=O)cc1Cl. The van der Waals surface area contributed by atoms with Gasteiger partial charge < -0.3 is 14.8 Å². The number of amidine groups is 1. The Morgan fingerprint density at radius 1 is 1.24 bits per heavy atom. The lowest BCUT2D eigenvalue weighted by molar-refractivity contribution is -0.142. The third kappa shape index (κ3) is 5.50. The molecule has 0 radical (unpaired) electrons. The van der Waals surface area contributed by atoms with Gasteiger partial charge in [-0.3, -0.25) is 4.79 Å². The van der Waals surface area contributed by atoms with Crippen molar-refractivity contribution in [1.82, 2.24) is 5.32 Å². The Morgan fingerprint density at radius 2 is 1.90 bits per heavy atom. The minimum atomic E-state index is -0.574. The minimum Gasteiger partial charge on any atom is -0.479 e. The Bertz CT molecular complexity index is 1000. The fourth-order valence-corrected chi connectivity index (χ4v) is 3.71. The molecular weight excluding hydrogens is 442 g/mol. The number of halogens is 3. The molecule has 1 fully saturated rings. The van der Waals surface area contributed by atoms with Gasteiger partial charge in [-0.25, -0.2) is 14.2 Å². The lowest BCUT2D eigenvalue weighted by Crippen LogP contribution is -2.19. The van der Waals surface area contributed by atoms with E-state index < -0.39 is 5.97 Å². The van der Waals surface area contributed by atoms with E-state index in [2.05, 4.69) is 15.0 Å². The van der Waals surface area contributed by atoms with Crippen LogP contribution in [-0.2, 0) is 14.3 Å². The van der Waals surface area contributed by atoms with Gasteiger partial charge in [0.1, 0.15) is 5.82 Å². The van der Waals surface area contributed by atoms with Crippen LogP contribution in [0.2, 0.25) is 10.0 Å². The molecule has 1 N–H and O–H groups in total. The number of thioether (sulfide) groups is 1. The van der Waals surface area contributed by atoms with Crippen molar-refractivity contribution in [2.75, 3.05) is 13.7 Å². The van der Waals surface area contributed by atoms with E-state index in [1.54, 1.807) is 18.2 Å². The van der Waals surface area contributed by atoms with Crippen LogP contribution in [0.3, 0.4) is 0 Å². The summed E-state index contributed by atoms with van der Waals surface area (Å²) >= 11 is 13.5. The first kappa shape index (κ1) is 21.2. The van der Waals surface area contributed by atoms with Gasteiger partial charge >= 0.3 is 5.97 Å². The molecule has 0 unspecified atom stereocenters. The molecule has 150 valence electrons. The number of carbonyl (C=O) groups excluding carboxylic acids is 2.